The molecule has 0 aromatic heterocycles. The van der Waals surface area contributed by atoms with E-state index in [0.29, 0.717) is 36.4 Å². The molecule has 1 N–H and O–H groups in total. The van der Waals surface area contributed by atoms with E-state index in [1.54, 1.807) is 24.3 Å². The normalized spacial score (nSPS) is 10.0. The molecular weight excluding hydrogens is 340 g/mol. The van der Waals surface area contributed by atoms with Crippen molar-refractivity contribution < 1.29 is 24.0 Å². The summed E-state index contributed by atoms with van der Waals surface area (Å²) in [5, 5.41) is 13.3. The molecular formula is C18H18N2O6. The van der Waals surface area contributed by atoms with Crippen LogP contribution in [0.15, 0.2) is 48.5 Å². The van der Waals surface area contributed by atoms with E-state index in [4.69, 9.17) is 4.74 Å². The molecule has 0 unspecified atom stereocenters. The zero-order valence-electron chi connectivity index (χ0n) is 14.1. The molecule has 0 aliphatic rings. The molecule has 2 aromatic carbocycles. The molecule has 0 spiro atoms. The molecule has 2 aromatic rings. The lowest BCUT2D eigenvalue weighted by Crippen LogP contribution is -2.25. The third-order valence-electron chi connectivity index (χ3n) is 3.49. The number of nitro groups is 1. The highest BCUT2D eigenvalue weighted by Crippen LogP contribution is 2.13. The topological polar surface area (TPSA) is 108 Å². The number of hydrogen-bond donors (Lipinski definition) is 1. The van der Waals surface area contributed by atoms with Crippen LogP contribution in [0.5, 0.6) is 5.75 Å². The molecule has 2 rings (SSSR count). The molecule has 0 aliphatic carbocycles. The zero-order chi connectivity index (χ0) is 18.9. The van der Waals surface area contributed by atoms with Gasteiger partial charge in [0, 0.05) is 24.2 Å². The van der Waals surface area contributed by atoms with Crippen LogP contribution in [0.4, 0.5) is 5.69 Å². The van der Waals surface area contributed by atoms with E-state index in [0.717, 1.165) is 0 Å². The number of non-ortho nitro benzene ring substituents is 1. The lowest BCUT2D eigenvalue weighted by atomic mass is 10.2. The number of carbonyl (C=O) groups is 2. The fraction of sp³-hybridized carbons (Fsp3) is 0.222. The molecule has 8 nitrogen and oxygen atoms in total. The van der Waals surface area contributed by atoms with Crippen molar-refractivity contribution in [2.24, 2.45) is 0 Å². The van der Waals surface area contributed by atoms with Crippen LogP contribution in [0.3, 0.4) is 0 Å². The largest absolute Gasteiger partial charge is 0.494 e. The summed E-state index contributed by atoms with van der Waals surface area (Å²) in [5.41, 5.74) is 0.735. The molecule has 8 heteroatoms. The fourth-order valence-electron chi connectivity index (χ4n) is 2.11. The van der Waals surface area contributed by atoms with Crippen molar-refractivity contribution in [1.29, 1.82) is 0 Å². The van der Waals surface area contributed by atoms with Gasteiger partial charge in [-0.1, -0.05) is 0 Å². The predicted molar refractivity (Wildman–Crippen MR) is 93.3 cm³/mol. The van der Waals surface area contributed by atoms with Gasteiger partial charge in [-0.2, -0.15) is 0 Å². The summed E-state index contributed by atoms with van der Waals surface area (Å²) in [7, 11) is 1.32. The zero-order valence-corrected chi connectivity index (χ0v) is 14.1. The SMILES string of the molecule is COC(=O)c1ccc(OCCCNC(=O)c2ccc([N+](=O)[O-])cc2)cc1. The predicted octanol–water partition coefficient (Wildman–Crippen LogP) is 2.58. The molecule has 0 fully saturated rings. The van der Waals surface area contributed by atoms with Gasteiger partial charge in [-0.25, -0.2) is 4.79 Å². The lowest BCUT2D eigenvalue weighted by molar-refractivity contribution is -0.384. The molecule has 1 amide bonds. The van der Waals surface area contributed by atoms with E-state index >= 15 is 0 Å². The highest BCUT2D eigenvalue weighted by molar-refractivity contribution is 5.94. The van der Waals surface area contributed by atoms with Gasteiger partial charge in [0.1, 0.15) is 5.75 Å². The van der Waals surface area contributed by atoms with Crippen LogP contribution in [-0.4, -0.2) is 37.1 Å². The second-order valence-electron chi connectivity index (χ2n) is 5.28. The monoisotopic (exact) mass is 358 g/mol. The van der Waals surface area contributed by atoms with Crippen LogP contribution >= 0.6 is 0 Å². The van der Waals surface area contributed by atoms with E-state index in [-0.39, 0.29) is 11.6 Å². The maximum atomic E-state index is 11.9. The number of esters is 1. The highest BCUT2D eigenvalue weighted by atomic mass is 16.6. The Balaban J connectivity index is 1.70. The number of benzene rings is 2. The number of rotatable bonds is 8. The molecule has 136 valence electrons. The number of nitrogens with one attached hydrogen (secondary N) is 1. The van der Waals surface area contributed by atoms with Gasteiger partial charge in [0.05, 0.1) is 24.2 Å². The van der Waals surface area contributed by atoms with Crippen LogP contribution < -0.4 is 10.1 Å². The van der Waals surface area contributed by atoms with Gasteiger partial charge in [-0.15, -0.1) is 0 Å². The van der Waals surface area contributed by atoms with Gasteiger partial charge in [0.15, 0.2) is 0 Å². The Kier molecular flexibility index (Phi) is 6.67. The van der Waals surface area contributed by atoms with Crippen molar-refractivity contribution in [3.8, 4) is 5.75 Å². The van der Waals surface area contributed by atoms with E-state index in [9.17, 15) is 19.7 Å². The average molecular weight is 358 g/mol. The number of hydrogen-bond acceptors (Lipinski definition) is 6. The number of nitrogens with zero attached hydrogens (tertiary/aromatic N) is 1. The molecule has 0 bridgehead atoms. The van der Waals surface area contributed by atoms with E-state index in [1.807, 2.05) is 0 Å². The molecule has 0 heterocycles. The number of amides is 1. The first kappa shape index (κ1) is 18.9. The minimum atomic E-state index is -0.517. The minimum absolute atomic E-state index is 0.0619. The average Bonchev–Trinajstić information content (AvgIpc) is 2.67. The first-order chi connectivity index (χ1) is 12.5. The second-order valence-corrected chi connectivity index (χ2v) is 5.28. The van der Waals surface area contributed by atoms with Gasteiger partial charge >= 0.3 is 5.97 Å². The Morgan fingerprint density at radius 1 is 1.04 bits per heavy atom. The summed E-state index contributed by atoms with van der Waals surface area (Å²) in [6.45, 7) is 0.786. The smallest absolute Gasteiger partial charge is 0.337 e. The first-order valence-electron chi connectivity index (χ1n) is 7.85. The molecule has 0 atom stereocenters. The fourth-order valence-corrected chi connectivity index (χ4v) is 2.11. The maximum Gasteiger partial charge on any atom is 0.337 e. The van der Waals surface area contributed by atoms with E-state index < -0.39 is 10.9 Å². The summed E-state index contributed by atoms with van der Waals surface area (Å²) >= 11 is 0. The Bertz CT molecular complexity index is 771. The Morgan fingerprint density at radius 3 is 2.23 bits per heavy atom. The van der Waals surface area contributed by atoms with Crippen LogP contribution in [0, 0.1) is 10.1 Å². The first-order valence-corrected chi connectivity index (χ1v) is 7.85. The summed E-state index contributed by atoms with van der Waals surface area (Å²) in [6, 6.07) is 11.9. The quantitative estimate of drug-likeness (QED) is 0.336. The summed E-state index contributed by atoms with van der Waals surface area (Å²) in [6.07, 6.45) is 0.581. The van der Waals surface area contributed by atoms with Gasteiger partial charge in [-0.3, -0.25) is 14.9 Å². The van der Waals surface area contributed by atoms with Crippen molar-refractivity contribution in [1.82, 2.24) is 5.32 Å². The van der Waals surface area contributed by atoms with Gasteiger partial charge in [-0.05, 0) is 42.8 Å². The number of methoxy groups -OCH3 is 1. The van der Waals surface area contributed by atoms with Crippen LogP contribution in [-0.2, 0) is 4.74 Å². The van der Waals surface area contributed by atoms with Crippen LogP contribution in [0.2, 0.25) is 0 Å². The Hall–Kier alpha value is -3.42. The van der Waals surface area contributed by atoms with E-state index in [1.165, 1.54) is 31.4 Å². The van der Waals surface area contributed by atoms with Gasteiger partial charge in [0.25, 0.3) is 11.6 Å². The summed E-state index contributed by atoms with van der Waals surface area (Å²) < 4.78 is 10.1. The van der Waals surface area contributed by atoms with Crippen molar-refractivity contribution >= 4 is 17.6 Å². The van der Waals surface area contributed by atoms with Crippen molar-refractivity contribution in [3.63, 3.8) is 0 Å². The van der Waals surface area contributed by atoms with Gasteiger partial charge in [0.2, 0.25) is 0 Å². The minimum Gasteiger partial charge on any atom is -0.494 e. The molecule has 0 saturated heterocycles. The number of nitro benzene ring substituents is 1. The Labute approximate surface area is 149 Å². The molecule has 0 radical (unpaired) electrons. The third-order valence-corrected chi connectivity index (χ3v) is 3.49. The summed E-state index contributed by atoms with van der Waals surface area (Å²) in [4.78, 5) is 33.3. The van der Waals surface area contributed by atoms with Crippen molar-refractivity contribution in [3.05, 3.63) is 69.8 Å². The standard InChI is InChI=1S/C18H18N2O6/c1-25-18(22)14-5-9-16(10-6-14)26-12-2-11-19-17(21)13-3-7-15(8-4-13)20(23)24/h3-10H,2,11-12H2,1H3,(H,19,21). The van der Waals surface area contributed by atoms with Crippen LogP contribution in [0.25, 0.3) is 0 Å². The highest BCUT2D eigenvalue weighted by Gasteiger charge is 2.09. The van der Waals surface area contributed by atoms with Crippen molar-refractivity contribution in [2.75, 3.05) is 20.3 Å². The van der Waals surface area contributed by atoms with Crippen molar-refractivity contribution in [2.45, 2.75) is 6.42 Å². The third kappa shape index (κ3) is 5.30. The lowest BCUT2D eigenvalue weighted by Gasteiger charge is -2.08. The summed E-state index contributed by atoms with van der Waals surface area (Å²) in [5.74, 6) is -0.104. The Morgan fingerprint density at radius 2 is 1.65 bits per heavy atom. The van der Waals surface area contributed by atoms with Gasteiger partial charge < -0.3 is 14.8 Å². The number of carbonyl (C=O) groups excluding carboxylic acids is 2. The maximum absolute atomic E-state index is 11.9. The molecule has 0 aliphatic heterocycles. The van der Waals surface area contributed by atoms with E-state index in [2.05, 4.69) is 10.1 Å². The number of ether oxygens (including phenoxy) is 2. The van der Waals surface area contributed by atoms with Crippen LogP contribution in [0.1, 0.15) is 27.1 Å². The second kappa shape index (κ2) is 9.16. The molecule has 26 heavy (non-hydrogen) atoms. The molecule has 0 saturated carbocycles.